The smallest absolute Gasteiger partial charge is 0.00747 e. The Labute approximate surface area is 116 Å². The molecule has 1 rings (SSSR count). The number of nitrogens with two attached hydrogens (primary N) is 1. The van der Waals surface area contributed by atoms with Gasteiger partial charge in [-0.25, -0.2) is 0 Å². The van der Waals surface area contributed by atoms with Crippen molar-refractivity contribution in [2.45, 2.75) is 43.3 Å². The monoisotopic (exact) mass is 266 g/mol. The van der Waals surface area contributed by atoms with Crippen LogP contribution in [0.1, 0.15) is 32.3 Å². The summed E-state index contributed by atoms with van der Waals surface area (Å²) in [6.45, 7) is 7.39. The van der Waals surface area contributed by atoms with Crippen molar-refractivity contribution in [3.05, 3.63) is 29.8 Å². The molecule has 2 nitrogen and oxygen atoms in total. The van der Waals surface area contributed by atoms with Gasteiger partial charge in [0.05, 0.1) is 0 Å². The predicted octanol–water partition coefficient (Wildman–Crippen LogP) is 3.06. The van der Waals surface area contributed by atoms with Crippen LogP contribution in [0.2, 0.25) is 0 Å². The summed E-state index contributed by atoms with van der Waals surface area (Å²) < 4.78 is 0. The van der Waals surface area contributed by atoms with E-state index in [1.807, 2.05) is 11.8 Å². The summed E-state index contributed by atoms with van der Waals surface area (Å²) in [7, 11) is 0. The maximum atomic E-state index is 5.45. The third-order valence-corrected chi connectivity index (χ3v) is 3.71. The molecule has 0 spiro atoms. The van der Waals surface area contributed by atoms with Gasteiger partial charge in [0.25, 0.3) is 0 Å². The normalized spacial score (nSPS) is 11.1. The maximum Gasteiger partial charge on any atom is 0.00747 e. The van der Waals surface area contributed by atoms with E-state index in [0.717, 1.165) is 32.5 Å². The molecule has 0 aromatic heterocycles. The molecule has 0 saturated carbocycles. The molecule has 0 aliphatic carbocycles. The first-order valence-electron chi connectivity index (χ1n) is 6.88. The van der Waals surface area contributed by atoms with E-state index in [1.54, 1.807) is 0 Å². The zero-order chi connectivity index (χ0) is 13.2. The molecule has 0 bridgehead atoms. The summed E-state index contributed by atoms with van der Waals surface area (Å²) in [5.74, 6) is 0. The topological polar surface area (TPSA) is 38.0 Å². The van der Waals surface area contributed by atoms with Crippen molar-refractivity contribution in [2.75, 3.05) is 19.6 Å². The minimum Gasteiger partial charge on any atom is -0.330 e. The molecule has 0 unspecified atom stereocenters. The molecular formula is C15H26N2S. The van der Waals surface area contributed by atoms with Crippen LogP contribution in [0.15, 0.2) is 29.2 Å². The first-order chi connectivity index (χ1) is 8.72. The molecule has 0 aliphatic heterocycles. The fourth-order valence-corrected chi connectivity index (χ4v) is 2.60. The van der Waals surface area contributed by atoms with E-state index < -0.39 is 0 Å². The van der Waals surface area contributed by atoms with Crippen molar-refractivity contribution < 1.29 is 0 Å². The minimum atomic E-state index is 0.653. The van der Waals surface area contributed by atoms with E-state index in [2.05, 4.69) is 43.4 Å². The zero-order valence-electron chi connectivity index (χ0n) is 11.6. The van der Waals surface area contributed by atoms with Gasteiger partial charge in [0.2, 0.25) is 0 Å². The van der Waals surface area contributed by atoms with Crippen molar-refractivity contribution in [2.24, 2.45) is 5.73 Å². The van der Waals surface area contributed by atoms with E-state index in [-0.39, 0.29) is 0 Å². The van der Waals surface area contributed by atoms with E-state index in [1.165, 1.54) is 16.9 Å². The minimum absolute atomic E-state index is 0.653. The first-order valence-corrected chi connectivity index (χ1v) is 7.76. The highest BCUT2D eigenvalue weighted by atomic mass is 32.2. The molecule has 18 heavy (non-hydrogen) atoms. The van der Waals surface area contributed by atoms with Gasteiger partial charge in [-0.15, -0.1) is 11.8 Å². The van der Waals surface area contributed by atoms with Gasteiger partial charge in [-0.1, -0.05) is 26.0 Å². The molecule has 0 saturated heterocycles. The van der Waals surface area contributed by atoms with Crippen molar-refractivity contribution in [1.29, 1.82) is 0 Å². The highest BCUT2D eigenvalue weighted by Gasteiger charge is 1.98. The molecule has 0 amide bonds. The lowest BCUT2D eigenvalue weighted by molar-refractivity contribution is 0.627. The molecule has 0 heterocycles. The van der Waals surface area contributed by atoms with Gasteiger partial charge in [0.1, 0.15) is 0 Å². The highest BCUT2D eigenvalue weighted by molar-refractivity contribution is 7.99. The van der Waals surface area contributed by atoms with E-state index in [9.17, 15) is 0 Å². The quantitative estimate of drug-likeness (QED) is 0.533. The fraction of sp³-hybridized carbons (Fsp3) is 0.600. The molecule has 102 valence electrons. The fourth-order valence-electron chi connectivity index (χ4n) is 1.76. The van der Waals surface area contributed by atoms with Crippen LogP contribution in [0.25, 0.3) is 0 Å². The summed E-state index contributed by atoms with van der Waals surface area (Å²) in [6, 6.07) is 8.95. The molecule has 0 fully saturated rings. The Morgan fingerprint density at radius 2 is 1.83 bits per heavy atom. The largest absolute Gasteiger partial charge is 0.330 e. The van der Waals surface area contributed by atoms with Crippen molar-refractivity contribution in [3.8, 4) is 0 Å². The number of unbranched alkanes of at least 4 members (excludes halogenated alkanes) is 1. The number of thioether (sulfide) groups is 1. The number of hydrogen-bond donors (Lipinski definition) is 2. The molecule has 3 heteroatoms. The van der Waals surface area contributed by atoms with E-state index >= 15 is 0 Å². The average molecular weight is 266 g/mol. The summed E-state index contributed by atoms with van der Waals surface area (Å²) in [6.07, 6.45) is 3.41. The van der Waals surface area contributed by atoms with Gasteiger partial charge in [-0.05, 0) is 56.6 Å². The summed E-state index contributed by atoms with van der Waals surface area (Å²) in [4.78, 5) is 1.37. The van der Waals surface area contributed by atoms with Crippen LogP contribution in [0.4, 0.5) is 0 Å². The Kier molecular flexibility index (Phi) is 8.14. The summed E-state index contributed by atoms with van der Waals surface area (Å²) in [5, 5.41) is 4.11. The lowest BCUT2D eigenvalue weighted by Gasteiger charge is -2.07. The van der Waals surface area contributed by atoms with Gasteiger partial charge >= 0.3 is 0 Å². The SMILES string of the molecule is CC(C)Sc1ccc(CCNCCCCN)cc1. The number of nitrogens with one attached hydrogen (secondary N) is 1. The van der Waals surface area contributed by atoms with Crippen LogP contribution < -0.4 is 11.1 Å². The third-order valence-electron chi connectivity index (χ3n) is 2.69. The van der Waals surface area contributed by atoms with Crippen molar-refractivity contribution in [1.82, 2.24) is 5.32 Å². The summed E-state index contributed by atoms with van der Waals surface area (Å²) >= 11 is 1.92. The van der Waals surface area contributed by atoms with Crippen molar-refractivity contribution >= 4 is 11.8 Å². The van der Waals surface area contributed by atoms with Crippen molar-refractivity contribution in [3.63, 3.8) is 0 Å². The standard InChI is InChI=1S/C15H26N2S/c1-13(2)18-15-7-5-14(6-8-15)9-12-17-11-4-3-10-16/h5-8,13,17H,3-4,9-12,16H2,1-2H3. The molecule has 0 aliphatic rings. The van der Waals surface area contributed by atoms with Crippen LogP contribution in [0.3, 0.4) is 0 Å². The van der Waals surface area contributed by atoms with Gasteiger partial charge < -0.3 is 11.1 Å². The summed E-state index contributed by atoms with van der Waals surface area (Å²) in [5.41, 5.74) is 6.86. The Morgan fingerprint density at radius 3 is 2.44 bits per heavy atom. The third kappa shape index (κ3) is 7.04. The second kappa shape index (κ2) is 9.42. The molecule has 0 radical (unpaired) electrons. The highest BCUT2D eigenvalue weighted by Crippen LogP contribution is 2.22. The lowest BCUT2D eigenvalue weighted by atomic mass is 10.1. The molecule has 1 aromatic carbocycles. The van der Waals surface area contributed by atoms with Gasteiger partial charge in [0.15, 0.2) is 0 Å². The second-order valence-corrected chi connectivity index (χ2v) is 6.46. The van der Waals surface area contributed by atoms with Gasteiger partial charge in [0, 0.05) is 10.1 Å². The number of hydrogen-bond acceptors (Lipinski definition) is 3. The Morgan fingerprint density at radius 1 is 1.11 bits per heavy atom. The van der Waals surface area contributed by atoms with Gasteiger partial charge in [-0.2, -0.15) is 0 Å². The zero-order valence-corrected chi connectivity index (χ0v) is 12.4. The number of rotatable bonds is 9. The maximum absolute atomic E-state index is 5.45. The predicted molar refractivity (Wildman–Crippen MR) is 82.3 cm³/mol. The number of benzene rings is 1. The van der Waals surface area contributed by atoms with Crippen LogP contribution in [0.5, 0.6) is 0 Å². The van der Waals surface area contributed by atoms with Crippen LogP contribution >= 0.6 is 11.8 Å². The van der Waals surface area contributed by atoms with Crippen LogP contribution in [-0.2, 0) is 6.42 Å². The average Bonchev–Trinajstić information content (AvgIpc) is 2.35. The Bertz CT molecular complexity index is 309. The van der Waals surface area contributed by atoms with E-state index in [0.29, 0.717) is 5.25 Å². The second-order valence-electron chi connectivity index (χ2n) is 4.81. The lowest BCUT2D eigenvalue weighted by Crippen LogP contribution is -2.19. The molecular weight excluding hydrogens is 240 g/mol. The Balaban J connectivity index is 2.18. The van der Waals surface area contributed by atoms with Crippen LogP contribution in [-0.4, -0.2) is 24.9 Å². The first kappa shape index (κ1) is 15.5. The van der Waals surface area contributed by atoms with E-state index in [4.69, 9.17) is 5.73 Å². The van der Waals surface area contributed by atoms with Crippen LogP contribution in [0, 0.1) is 0 Å². The molecule has 3 N–H and O–H groups in total. The Hall–Kier alpha value is -0.510. The van der Waals surface area contributed by atoms with Gasteiger partial charge in [-0.3, -0.25) is 0 Å². The molecule has 0 atom stereocenters. The molecule has 1 aromatic rings.